The van der Waals surface area contributed by atoms with Gasteiger partial charge in [0, 0.05) is 22.4 Å². The van der Waals surface area contributed by atoms with Gasteiger partial charge in [-0.2, -0.15) is 0 Å². The van der Waals surface area contributed by atoms with Gasteiger partial charge in [-0.1, -0.05) is 67.9 Å². The topological polar surface area (TPSA) is 123 Å². The van der Waals surface area contributed by atoms with Crippen LogP contribution in [-0.4, -0.2) is 59.8 Å². The number of esters is 1. The predicted molar refractivity (Wildman–Crippen MR) is 204 cm³/mol. The van der Waals surface area contributed by atoms with Gasteiger partial charge in [0.1, 0.15) is 53.3 Å². The summed E-state index contributed by atoms with van der Waals surface area (Å²) in [4.78, 5) is 31.7. The second-order valence-electron chi connectivity index (χ2n) is 13.8. The molecule has 11 nitrogen and oxygen atoms in total. The normalized spacial score (nSPS) is 19.9. The Labute approximate surface area is 312 Å². The van der Waals surface area contributed by atoms with Crippen molar-refractivity contribution in [3.63, 3.8) is 0 Å². The summed E-state index contributed by atoms with van der Waals surface area (Å²) in [6.07, 6.45) is 2.20. The molecule has 0 radical (unpaired) electrons. The second kappa shape index (κ2) is 15.9. The van der Waals surface area contributed by atoms with Crippen molar-refractivity contribution in [2.45, 2.75) is 70.3 Å². The molecule has 11 heteroatoms. The highest BCUT2D eigenvalue weighted by Gasteiger charge is 2.49. The van der Waals surface area contributed by atoms with E-state index in [1.165, 1.54) is 10.8 Å². The van der Waals surface area contributed by atoms with E-state index in [1.807, 2.05) is 105 Å². The number of para-hydroxylation sites is 1. The maximum absolute atomic E-state index is 14.1. The number of unbranched alkanes of at least 4 members (excludes halogenated alkanes) is 1. The van der Waals surface area contributed by atoms with Crippen LogP contribution in [0.4, 0.5) is 5.69 Å². The molecular formula is C43H43N3O8. The molecule has 4 aromatic carbocycles. The van der Waals surface area contributed by atoms with Gasteiger partial charge < -0.3 is 33.4 Å². The zero-order chi connectivity index (χ0) is 37.0. The molecule has 0 spiro atoms. The lowest BCUT2D eigenvalue weighted by atomic mass is 10.0. The van der Waals surface area contributed by atoms with Crippen LogP contribution >= 0.6 is 0 Å². The Kier molecular flexibility index (Phi) is 10.4. The summed E-state index contributed by atoms with van der Waals surface area (Å²) in [5.74, 6) is 0.451. The molecule has 54 heavy (non-hydrogen) atoms. The Bertz CT molecular complexity index is 2290. The van der Waals surface area contributed by atoms with Gasteiger partial charge in [-0.15, -0.1) is 0 Å². The van der Waals surface area contributed by atoms with Crippen molar-refractivity contribution in [1.29, 1.82) is 0 Å². The van der Waals surface area contributed by atoms with Crippen molar-refractivity contribution in [1.82, 2.24) is 9.55 Å². The average Bonchev–Trinajstić information content (AvgIpc) is 3.90. The molecule has 278 valence electrons. The van der Waals surface area contributed by atoms with Crippen LogP contribution in [0.5, 0.6) is 5.75 Å². The van der Waals surface area contributed by atoms with Gasteiger partial charge in [-0.05, 0) is 66.9 Å². The fourth-order valence-electron chi connectivity index (χ4n) is 7.11. The molecule has 2 saturated heterocycles. The molecule has 1 N–H and O–H groups in total. The zero-order valence-corrected chi connectivity index (χ0v) is 30.3. The standard InChI is InChI=1S/C43H43N3O8/c1-3-4-20-49-39(47)23-46-42(44-22-34(43(46)48)45-27(2)30-16-19-36-33(21-30)32-12-8-9-13-35(32)54-36)29-14-17-31(18-15-29)53-38-26-52-40-37(25-51-41(38)40)50-24-28-10-6-5-7-11-28/h5-19,21-22,27,37-38,40-41,45H,3-4,20,23-26H2,1-2H3/t27-,37-,38-,40-,41-/m1/s1. The third-order valence-corrected chi connectivity index (χ3v) is 10.0. The van der Waals surface area contributed by atoms with E-state index in [1.54, 1.807) is 0 Å². The van der Waals surface area contributed by atoms with Crippen LogP contribution in [0, 0.1) is 0 Å². The number of hydrogen-bond acceptors (Lipinski definition) is 10. The van der Waals surface area contributed by atoms with Gasteiger partial charge in [0.2, 0.25) is 0 Å². The van der Waals surface area contributed by atoms with Crippen LogP contribution in [0.25, 0.3) is 33.3 Å². The quantitative estimate of drug-likeness (QED) is 0.0893. The minimum atomic E-state index is -0.505. The minimum absolute atomic E-state index is 0.177. The highest BCUT2D eigenvalue weighted by molar-refractivity contribution is 6.05. The van der Waals surface area contributed by atoms with Crippen molar-refractivity contribution in [2.24, 2.45) is 0 Å². The fourth-order valence-corrected chi connectivity index (χ4v) is 7.11. The summed E-state index contributed by atoms with van der Waals surface area (Å²) < 4.78 is 37.4. The fraction of sp³-hybridized carbons (Fsp3) is 0.326. The number of hydrogen-bond donors (Lipinski definition) is 1. The van der Waals surface area contributed by atoms with E-state index in [4.69, 9.17) is 33.1 Å². The molecule has 0 saturated carbocycles. The van der Waals surface area contributed by atoms with Gasteiger partial charge >= 0.3 is 5.97 Å². The number of carbonyl (C=O) groups is 1. The Hall–Kier alpha value is -5.49. The maximum Gasteiger partial charge on any atom is 0.326 e. The van der Waals surface area contributed by atoms with Gasteiger partial charge in [0.25, 0.3) is 5.56 Å². The van der Waals surface area contributed by atoms with E-state index < -0.39 is 5.97 Å². The predicted octanol–water partition coefficient (Wildman–Crippen LogP) is 7.46. The first-order valence-corrected chi connectivity index (χ1v) is 18.5. The van der Waals surface area contributed by atoms with Crippen LogP contribution < -0.4 is 15.6 Å². The van der Waals surface area contributed by atoms with E-state index in [-0.39, 0.29) is 54.9 Å². The van der Waals surface area contributed by atoms with Gasteiger partial charge in [0.15, 0.2) is 6.10 Å². The molecule has 0 amide bonds. The molecule has 0 aliphatic carbocycles. The number of anilines is 1. The Morgan fingerprint density at radius 3 is 2.46 bits per heavy atom. The molecule has 2 fully saturated rings. The first-order chi connectivity index (χ1) is 26.4. The van der Waals surface area contributed by atoms with E-state index in [0.29, 0.717) is 37.0 Å². The molecule has 5 atom stereocenters. The van der Waals surface area contributed by atoms with Crippen LogP contribution in [0.1, 0.15) is 43.9 Å². The number of carbonyl (C=O) groups excluding carboxylic acids is 1. The van der Waals surface area contributed by atoms with Crippen molar-refractivity contribution in [2.75, 3.05) is 25.1 Å². The lowest BCUT2D eigenvalue weighted by Crippen LogP contribution is -2.35. The van der Waals surface area contributed by atoms with E-state index in [0.717, 1.165) is 45.9 Å². The zero-order valence-electron chi connectivity index (χ0n) is 30.3. The molecule has 4 heterocycles. The molecule has 2 aliphatic rings. The average molecular weight is 730 g/mol. The molecule has 2 aromatic heterocycles. The SMILES string of the molecule is CCCCOC(=O)Cn1c(-c2ccc(O[C@@H]3CO[C@H]4[C@@H]3OC[C@H]4OCc3ccccc3)cc2)ncc(N[C@H](C)c2ccc3oc4ccccc4c3c2)c1=O. The van der Waals surface area contributed by atoms with Crippen molar-refractivity contribution in [3.8, 4) is 17.1 Å². The Balaban J connectivity index is 0.984. The lowest BCUT2D eigenvalue weighted by Gasteiger charge is -2.19. The smallest absolute Gasteiger partial charge is 0.326 e. The highest BCUT2D eigenvalue weighted by atomic mass is 16.6. The third kappa shape index (κ3) is 7.48. The van der Waals surface area contributed by atoms with E-state index >= 15 is 0 Å². The number of nitrogens with zero attached hydrogens (tertiary/aromatic N) is 2. The number of aromatic nitrogens is 2. The summed E-state index contributed by atoms with van der Waals surface area (Å²) in [6.45, 7) is 5.30. The molecular weight excluding hydrogens is 686 g/mol. The number of nitrogens with one attached hydrogen (secondary N) is 1. The summed E-state index contributed by atoms with van der Waals surface area (Å²) in [7, 11) is 0. The number of rotatable bonds is 14. The highest BCUT2D eigenvalue weighted by Crippen LogP contribution is 2.34. The summed E-state index contributed by atoms with van der Waals surface area (Å²) in [5.41, 5.74) is 4.21. The van der Waals surface area contributed by atoms with Crippen molar-refractivity contribution >= 4 is 33.6 Å². The largest absolute Gasteiger partial charge is 0.485 e. The molecule has 8 rings (SSSR count). The summed E-state index contributed by atoms with van der Waals surface area (Å²) in [6, 6.07) is 31.0. The Morgan fingerprint density at radius 1 is 0.907 bits per heavy atom. The van der Waals surface area contributed by atoms with E-state index in [2.05, 4.69) is 11.4 Å². The monoisotopic (exact) mass is 729 g/mol. The van der Waals surface area contributed by atoms with Crippen LogP contribution in [-0.2, 0) is 36.9 Å². The minimum Gasteiger partial charge on any atom is -0.485 e. The van der Waals surface area contributed by atoms with Crippen molar-refractivity contribution in [3.05, 3.63) is 125 Å². The second-order valence-corrected chi connectivity index (χ2v) is 13.8. The van der Waals surface area contributed by atoms with Gasteiger partial charge in [0.05, 0.1) is 32.6 Å². The number of fused-ring (bicyclic) bond motifs is 4. The third-order valence-electron chi connectivity index (χ3n) is 10.0. The Morgan fingerprint density at radius 2 is 1.65 bits per heavy atom. The molecule has 0 unspecified atom stereocenters. The molecule has 0 bridgehead atoms. The van der Waals surface area contributed by atoms with Gasteiger partial charge in [-0.3, -0.25) is 14.2 Å². The number of ether oxygens (including phenoxy) is 5. The van der Waals surface area contributed by atoms with Crippen molar-refractivity contribution < 1.29 is 32.9 Å². The molecule has 6 aromatic rings. The van der Waals surface area contributed by atoms with Crippen LogP contribution in [0.15, 0.2) is 112 Å². The molecule has 2 aliphatic heterocycles. The first-order valence-electron chi connectivity index (χ1n) is 18.5. The summed E-state index contributed by atoms with van der Waals surface area (Å²) in [5, 5.41) is 5.36. The summed E-state index contributed by atoms with van der Waals surface area (Å²) >= 11 is 0. The number of furan rings is 1. The first kappa shape index (κ1) is 35.5. The maximum atomic E-state index is 14.1. The van der Waals surface area contributed by atoms with E-state index in [9.17, 15) is 9.59 Å². The van der Waals surface area contributed by atoms with Crippen LogP contribution in [0.2, 0.25) is 0 Å². The number of benzene rings is 4. The van der Waals surface area contributed by atoms with Gasteiger partial charge in [-0.25, -0.2) is 4.98 Å². The van der Waals surface area contributed by atoms with Crippen LogP contribution in [0.3, 0.4) is 0 Å². The lowest BCUT2D eigenvalue weighted by molar-refractivity contribution is -0.144.